The average molecular weight is 381 g/mol. The SMILES string of the molecule is CC(NC(=O)NCCCN1CCN(Cc2ccccc2)CC1)c1ccccc1. The van der Waals surface area contributed by atoms with E-state index in [0.717, 1.165) is 51.3 Å². The largest absolute Gasteiger partial charge is 0.338 e. The number of amides is 2. The zero-order chi connectivity index (χ0) is 19.6. The summed E-state index contributed by atoms with van der Waals surface area (Å²) in [6, 6.07) is 20.6. The highest BCUT2D eigenvalue weighted by Crippen LogP contribution is 2.11. The third-order valence-electron chi connectivity index (χ3n) is 5.30. The first-order valence-electron chi connectivity index (χ1n) is 10.3. The molecule has 5 heteroatoms. The molecule has 1 aliphatic heterocycles. The van der Waals surface area contributed by atoms with E-state index in [9.17, 15) is 4.79 Å². The maximum atomic E-state index is 12.1. The molecule has 1 aliphatic rings. The maximum absolute atomic E-state index is 12.1. The van der Waals surface area contributed by atoms with Crippen LogP contribution in [0.3, 0.4) is 0 Å². The molecule has 1 heterocycles. The van der Waals surface area contributed by atoms with E-state index in [4.69, 9.17) is 0 Å². The minimum atomic E-state index is -0.0935. The summed E-state index contributed by atoms with van der Waals surface area (Å²) in [4.78, 5) is 17.1. The molecule has 5 nitrogen and oxygen atoms in total. The van der Waals surface area contributed by atoms with Crippen molar-refractivity contribution >= 4 is 6.03 Å². The molecule has 28 heavy (non-hydrogen) atoms. The Hall–Kier alpha value is -2.37. The van der Waals surface area contributed by atoms with Gasteiger partial charge in [0, 0.05) is 39.3 Å². The quantitative estimate of drug-likeness (QED) is 0.691. The Kier molecular flexibility index (Phi) is 7.88. The second-order valence-corrected chi connectivity index (χ2v) is 7.49. The van der Waals surface area contributed by atoms with Crippen LogP contribution < -0.4 is 10.6 Å². The molecule has 3 rings (SSSR count). The lowest BCUT2D eigenvalue weighted by molar-refractivity contribution is 0.126. The van der Waals surface area contributed by atoms with E-state index in [1.54, 1.807) is 0 Å². The summed E-state index contributed by atoms with van der Waals surface area (Å²) >= 11 is 0. The summed E-state index contributed by atoms with van der Waals surface area (Å²) in [6.07, 6.45) is 0.978. The monoisotopic (exact) mass is 380 g/mol. The van der Waals surface area contributed by atoms with Crippen molar-refractivity contribution in [3.05, 3.63) is 71.8 Å². The van der Waals surface area contributed by atoms with Gasteiger partial charge in [-0.3, -0.25) is 4.90 Å². The highest BCUT2D eigenvalue weighted by atomic mass is 16.2. The number of hydrogen-bond acceptors (Lipinski definition) is 3. The minimum Gasteiger partial charge on any atom is -0.338 e. The zero-order valence-corrected chi connectivity index (χ0v) is 16.8. The fourth-order valence-electron chi connectivity index (χ4n) is 3.59. The van der Waals surface area contributed by atoms with Crippen LogP contribution in [0.1, 0.15) is 30.5 Å². The first kappa shape index (κ1) is 20.4. The van der Waals surface area contributed by atoms with Gasteiger partial charge in [-0.05, 0) is 31.0 Å². The number of nitrogens with one attached hydrogen (secondary N) is 2. The Morgan fingerprint density at radius 3 is 2.21 bits per heavy atom. The fourth-order valence-corrected chi connectivity index (χ4v) is 3.59. The predicted octanol–water partition coefficient (Wildman–Crippen LogP) is 3.25. The second-order valence-electron chi connectivity index (χ2n) is 7.49. The second kappa shape index (κ2) is 10.8. The van der Waals surface area contributed by atoms with Gasteiger partial charge in [0.1, 0.15) is 0 Å². The Labute approximate surface area is 168 Å². The van der Waals surface area contributed by atoms with Crippen LogP contribution in [-0.2, 0) is 6.54 Å². The van der Waals surface area contributed by atoms with E-state index in [2.05, 4.69) is 50.8 Å². The van der Waals surface area contributed by atoms with Crippen molar-refractivity contribution in [3.8, 4) is 0 Å². The van der Waals surface area contributed by atoms with E-state index in [-0.39, 0.29) is 12.1 Å². The lowest BCUT2D eigenvalue weighted by Crippen LogP contribution is -2.46. The Bertz CT molecular complexity index is 699. The van der Waals surface area contributed by atoms with Crippen molar-refractivity contribution in [3.63, 3.8) is 0 Å². The van der Waals surface area contributed by atoms with Crippen molar-refractivity contribution in [2.24, 2.45) is 0 Å². The van der Waals surface area contributed by atoms with Crippen molar-refractivity contribution in [2.45, 2.75) is 25.9 Å². The van der Waals surface area contributed by atoms with Crippen molar-refractivity contribution < 1.29 is 4.79 Å². The molecular weight excluding hydrogens is 348 g/mol. The third kappa shape index (κ3) is 6.66. The molecule has 2 aromatic rings. The van der Waals surface area contributed by atoms with Gasteiger partial charge in [-0.1, -0.05) is 60.7 Å². The zero-order valence-electron chi connectivity index (χ0n) is 16.8. The van der Waals surface area contributed by atoms with Gasteiger partial charge in [-0.2, -0.15) is 0 Å². The van der Waals surface area contributed by atoms with Crippen LogP contribution in [0.15, 0.2) is 60.7 Å². The standard InChI is InChI=1S/C23H32N4O/c1-20(22-11-6-3-7-12-22)25-23(28)24-13-8-14-26-15-17-27(18-16-26)19-21-9-4-2-5-10-21/h2-7,9-12,20H,8,13-19H2,1H3,(H2,24,25,28). The molecule has 2 amide bonds. The van der Waals surface area contributed by atoms with Gasteiger partial charge >= 0.3 is 6.03 Å². The first-order chi connectivity index (χ1) is 13.7. The van der Waals surface area contributed by atoms with Crippen LogP contribution in [-0.4, -0.2) is 55.1 Å². The Morgan fingerprint density at radius 1 is 0.929 bits per heavy atom. The molecule has 0 aliphatic carbocycles. The summed E-state index contributed by atoms with van der Waals surface area (Å²) in [5.41, 5.74) is 2.50. The molecule has 0 saturated carbocycles. The molecule has 2 N–H and O–H groups in total. The van der Waals surface area contributed by atoms with E-state index in [1.807, 2.05) is 37.3 Å². The average Bonchev–Trinajstić information content (AvgIpc) is 2.74. The van der Waals surface area contributed by atoms with Gasteiger partial charge in [0.25, 0.3) is 0 Å². The van der Waals surface area contributed by atoms with Gasteiger partial charge in [0.15, 0.2) is 0 Å². The number of carbonyl (C=O) groups is 1. The first-order valence-corrected chi connectivity index (χ1v) is 10.3. The smallest absolute Gasteiger partial charge is 0.315 e. The normalized spacial score (nSPS) is 16.5. The van der Waals surface area contributed by atoms with Crippen molar-refractivity contribution in [1.82, 2.24) is 20.4 Å². The van der Waals surface area contributed by atoms with Crippen LogP contribution in [0.4, 0.5) is 4.79 Å². The summed E-state index contributed by atoms with van der Waals surface area (Å²) in [6.45, 7) is 9.20. The molecule has 1 atom stereocenters. The highest BCUT2D eigenvalue weighted by Gasteiger charge is 2.16. The van der Waals surface area contributed by atoms with Crippen molar-refractivity contribution in [2.75, 3.05) is 39.3 Å². The van der Waals surface area contributed by atoms with Gasteiger partial charge < -0.3 is 15.5 Å². The number of piperazine rings is 1. The molecule has 0 spiro atoms. The lowest BCUT2D eigenvalue weighted by atomic mass is 10.1. The van der Waals surface area contributed by atoms with Gasteiger partial charge in [0.2, 0.25) is 0 Å². The number of carbonyl (C=O) groups excluding carboxylic acids is 1. The van der Waals surface area contributed by atoms with E-state index in [1.165, 1.54) is 5.56 Å². The number of nitrogens with zero attached hydrogens (tertiary/aromatic N) is 2. The van der Waals surface area contributed by atoms with Gasteiger partial charge in [0.05, 0.1) is 6.04 Å². The van der Waals surface area contributed by atoms with E-state index in [0.29, 0.717) is 6.54 Å². The molecule has 2 aromatic carbocycles. The third-order valence-corrected chi connectivity index (χ3v) is 5.30. The van der Waals surface area contributed by atoms with Gasteiger partial charge in [-0.15, -0.1) is 0 Å². The molecule has 150 valence electrons. The van der Waals surface area contributed by atoms with Crippen molar-refractivity contribution in [1.29, 1.82) is 0 Å². The molecule has 1 unspecified atom stereocenters. The number of urea groups is 1. The number of benzene rings is 2. The lowest BCUT2D eigenvalue weighted by Gasteiger charge is -2.34. The summed E-state index contributed by atoms with van der Waals surface area (Å²) in [5, 5.41) is 5.97. The maximum Gasteiger partial charge on any atom is 0.315 e. The fraction of sp³-hybridized carbons (Fsp3) is 0.435. The molecule has 1 fully saturated rings. The van der Waals surface area contributed by atoms with Crippen LogP contribution in [0.2, 0.25) is 0 Å². The molecule has 0 bridgehead atoms. The van der Waals surface area contributed by atoms with Gasteiger partial charge in [-0.25, -0.2) is 4.79 Å². The summed E-state index contributed by atoms with van der Waals surface area (Å²) in [5.74, 6) is 0. The molecular formula is C23H32N4O. The minimum absolute atomic E-state index is 0.0129. The van der Waals surface area contributed by atoms with Crippen LogP contribution in [0.25, 0.3) is 0 Å². The molecule has 0 radical (unpaired) electrons. The topological polar surface area (TPSA) is 47.6 Å². The number of rotatable bonds is 8. The van der Waals surface area contributed by atoms with Crippen LogP contribution in [0, 0.1) is 0 Å². The van der Waals surface area contributed by atoms with Crippen LogP contribution in [0.5, 0.6) is 0 Å². The van der Waals surface area contributed by atoms with E-state index < -0.39 is 0 Å². The predicted molar refractivity (Wildman–Crippen MR) is 114 cm³/mol. The Balaban J connectivity index is 1.26. The van der Waals surface area contributed by atoms with Crippen LogP contribution >= 0.6 is 0 Å². The highest BCUT2D eigenvalue weighted by molar-refractivity contribution is 5.74. The molecule has 1 saturated heterocycles. The Morgan fingerprint density at radius 2 is 1.54 bits per heavy atom. The summed E-state index contributed by atoms with van der Waals surface area (Å²) in [7, 11) is 0. The van der Waals surface area contributed by atoms with E-state index >= 15 is 0 Å². The molecule has 0 aromatic heterocycles. The number of hydrogen-bond donors (Lipinski definition) is 2. The summed E-state index contributed by atoms with van der Waals surface area (Å²) < 4.78 is 0.